The molecule has 0 spiro atoms. The number of ether oxygens (including phenoxy) is 1. The smallest absolute Gasteiger partial charge is 0.138 e. The number of likely N-dealkylation sites (N-methyl/N-ethyl adjacent to an activating group) is 1. The van der Waals surface area contributed by atoms with Crippen LogP contribution >= 0.6 is 0 Å². The Kier molecular flexibility index (Phi) is 5.26. The van der Waals surface area contributed by atoms with Gasteiger partial charge >= 0.3 is 0 Å². The summed E-state index contributed by atoms with van der Waals surface area (Å²) in [6.07, 6.45) is 3.47. The van der Waals surface area contributed by atoms with Gasteiger partial charge in [0.1, 0.15) is 12.2 Å². The maximum absolute atomic E-state index is 5.81. The summed E-state index contributed by atoms with van der Waals surface area (Å²) < 4.78 is 7.75. The lowest BCUT2D eigenvalue weighted by Gasteiger charge is -2.34. The zero-order valence-corrected chi connectivity index (χ0v) is 11.7. The topological polar surface area (TPSA) is 81.2 Å². The Morgan fingerprint density at radius 2 is 2.47 bits per heavy atom. The van der Waals surface area contributed by atoms with Crippen molar-refractivity contribution in [3.05, 3.63) is 12.2 Å². The van der Waals surface area contributed by atoms with Crippen LogP contribution in [0.3, 0.4) is 0 Å². The van der Waals surface area contributed by atoms with E-state index < -0.39 is 0 Å². The van der Waals surface area contributed by atoms with Gasteiger partial charge in [0, 0.05) is 26.1 Å². The summed E-state index contributed by atoms with van der Waals surface area (Å²) in [5, 5.41) is 4.24. The van der Waals surface area contributed by atoms with Crippen LogP contribution in [0.2, 0.25) is 0 Å². The third-order valence-corrected chi connectivity index (χ3v) is 3.49. The normalized spacial score (nSPS) is 22.6. The van der Waals surface area contributed by atoms with Gasteiger partial charge in [0.2, 0.25) is 0 Å². The number of aromatic nitrogens is 3. The van der Waals surface area contributed by atoms with Crippen LogP contribution in [0.5, 0.6) is 0 Å². The first-order valence-electron chi connectivity index (χ1n) is 6.87. The predicted octanol–water partition coefficient (Wildman–Crippen LogP) is -0.607. The van der Waals surface area contributed by atoms with E-state index in [0.29, 0.717) is 0 Å². The Morgan fingerprint density at radius 1 is 1.63 bits per heavy atom. The first kappa shape index (κ1) is 14.4. The molecule has 0 radical (unpaired) electrons. The Bertz CT molecular complexity index is 382. The van der Waals surface area contributed by atoms with Crippen LogP contribution in [0, 0.1) is 0 Å². The molecule has 0 aliphatic carbocycles. The minimum atomic E-state index is 0.0579. The van der Waals surface area contributed by atoms with Gasteiger partial charge in [-0.25, -0.2) is 4.98 Å². The van der Waals surface area contributed by atoms with Gasteiger partial charge in [-0.2, -0.15) is 5.10 Å². The first-order chi connectivity index (χ1) is 9.24. The van der Waals surface area contributed by atoms with E-state index in [4.69, 9.17) is 10.6 Å². The van der Waals surface area contributed by atoms with Crippen molar-refractivity contribution < 1.29 is 4.74 Å². The van der Waals surface area contributed by atoms with Crippen LogP contribution in [0.1, 0.15) is 19.2 Å². The lowest BCUT2D eigenvalue weighted by atomic mass is 10.1. The van der Waals surface area contributed by atoms with Crippen molar-refractivity contribution in [2.24, 2.45) is 5.84 Å². The Balaban J connectivity index is 1.99. The molecule has 2 heterocycles. The average Bonchev–Trinajstić information content (AvgIpc) is 2.84. The summed E-state index contributed by atoms with van der Waals surface area (Å²) in [5.41, 5.74) is 2.87. The van der Waals surface area contributed by atoms with Crippen molar-refractivity contribution in [1.82, 2.24) is 25.1 Å². The number of nitrogens with one attached hydrogen (secondary N) is 1. The van der Waals surface area contributed by atoms with E-state index >= 15 is 0 Å². The third kappa shape index (κ3) is 3.73. The highest BCUT2D eigenvalue weighted by molar-refractivity contribution is 4.93. The molecule has 7 heteroatoms. The summed E-state index contributed by atoms with van der Waals surface area (Å²) in [6, 6.07) is 0.0579. The molecule has 0 bridgehead atoms. The molecule has 1 fully saturated rings. The number of hydrogen-bond donors (Lipinski definition) is 2. The average molecular weight is 268 g/mol. The number of aryl methyl sites for hydroxylation is 1. The molecule has 7 nitrogen and oxygen atoms in total. The van der Waals surface area contributed by atoms with Crippen LogP contribution in [-0.4, -0.2) is 58.6 Å². The second kappa shape index (κ2) is 6.95. The Hall–Kier alpha value is -1.02. The number of hydrogen-bond acceptors (Lipinski definition) is 6. The van der Waals surface area contributed by atoms with Crippen LogP contribution < -0.4 is 11.3 Å². The zero-order chi connectivity index (χ0) is 13.7. The fraction of sp³-hybridized carbons (Fsp3) is 0.833. The fourth-order valence-corrected chi connectivity index (χ4v) is 2.39. The van der Waals surface area contributed by atoms with Gasteiger partial charge in [-0.1, -0.05) is 6.92 Å². The van der Waals surface area contributed by atoms with E-state index in [1.807, 2.05) is 4.68 Å². The molecule has 0 amide bonds. The molecule has 0 aromatic carbocycles. The highest BCUT2D eigenvalue weighted by Crippen LogP contribution is 2.11. The SMILES string of the molecule is CCCn1ncnc1CC(NN)C1CN(C)CCO1. The number of nitrogens with two attached hydrogens (primary N) is 1. The highest BCUT2D eigenvalue weighted by Gasteiger charge is 2.27. The zero-order valence-electron chi connectivity index (χ0n) is 11.7. The lowest BCUT2D eigenvalue weighted by molar-refractivity contribution is -0.0389. The van der Waals surface area contributed by atoms with E-state index in [1.165, 1.54) is 0 Å². The van der Waals surface area contributed by atoms with Gasteiger partial charge in [0.25, 0.3) is 0 Å². The molecule has 1 aromatic rings. The summed E-state index contributed by atoms with van der Waals surface area (Å²) in [5.74, 6) is 6.64. The van der Waals surface area contributed by atoms with Crippen molar-refractivity contribution in [1.29, 1.82) is 0 Å². The molecule has 1 aliphatic rings. The van der Waals surface area contributed by atoms with Crippen molar-refractivity contribution in [3.63, 3.8) is 0 Å². The van der Waals surface area contributed by atoms with E-state index in [1.54, 1.807) is 6.33 Å². The second-order valence-electron chi connectivity index (χ2n) is 5.05. The summed E-state index contributed by atoms with van der Waals surface area (Å²) >= 11 is 0. The van der Waals surface area contributed by atoms with Crippen molar-refractivity contribution in [3.8, 4) is 0 Å². The standard InChI is InChI=1S/C12H24N6O/c1-3-4-18-12(14-9-15-18)7-10(16-13)11-8-17(2)5-6-19-11/h9-11,16H,3-8,13H2,1-2H3. The molecule has 2 rings (SSSR count). The third-order valence-electron chi connectivity index (χ3n) is 3.49. The first-order valence-corrected chi connectivity index (χ1v) is 6.87. The maximum atomic E-state index is 5.81. The molecule has 1 aromatic heterocycles. The quantitative estimate of drug-likeness (QED) is 0.529. The number of morpholine rings is 1. The van der Waals surface area contributed by atoms with Crippen LogP contribution in [0.25, 0.3) is 0 Å². The number of hydrazine groups is 1. The molecule has 108 valence electrons. The number of rotatable bonds is 6. The second-order valence-corrected chi connectivity index (χ2v) is 5.05. The van der Waals surface area contributed by atoms with Gasteiger partial charge in [-0.3, -0.25) is 16.0 Å². The largest absolute Gasteiger partial charge is 0.374 e. The van der Waals surface area contributed by atoms with Crippen molar-refractivity contribution in [2.75, 3.05) is 26.7 Å². The molecule has 0 saturated carbocycles. The minimum absolute atomic E-state index is 0.0579. The van der Waals surface area contributed by atoms with Crippen molar-refractivity contribution in [2.45, 2.75) is 38.5 Å². The fourth-order valence-electron chi connectivity index (χ4n) is 2.39. The highest BCUT2D eigenvalue weighted by atomic mass is 16.5. The molecule has 1 saturated heterocycles. The van der Waals surface area contributed by atoms with E-state index in [2.05, 4.69) is 34.4 Å². The van der Waals surface area contributed by atoms with Crippen LogP contribution in [0.4, 0.5) is 0 Å². The summed E-state index contributed by atoms with van der Waals surface area (Å²) in [7, 11) is 2.10. The van der Waals surface area contributed by atoms with Crippen molar-refractivity contribution >= 4 is 0 Å². The lowest BCUT2D eigenvalue weighted by Crippen LogP contribution is -2.54. The maximum Gasteiger partial charge on any atom is 0.138 e. The van der Waals surface area contributed by atoms with Gasteiger partial charge in [0.15, 0.2) is 0 Å². The van der Waals surface area contributed by atoms with E-state index in [9.17, 15) is 0 Å². The van der Waals surface area contributed by atoms with Crippen LogP contribution in [-0.2, 0) is 17.7 Å². The molecular weight excluding hydrogens is 244 g/mol. The van der Waals surface area contributed by atoms with Crippen LogP contribution in [0.15, 0.2) is 6.33 Å². The molecule has 3 N–H and O–H groups in total. The van der Waals surface area contributed by atoms with Gasteiger partial charge < -0.3 is 9.64 Å². The predicted molar refractivity (Wildman–Crippen MR) is 72.4 cm³/mol. The molecule has 19 heavy (non-hydrogen) atoms. The van der Waals surface area contributed by atoms with Gasteiger partial charge in [-0.05, 0) is 13.5 Å². The summed E-state index contributed by atoms with van der Waals surface area (Å²) in [6.45, 7) is 5.62. The molecule has 1 aliphatic heterocycles. The molecular formula is C12H24N6O. The molecule has 2 unspecified atom stereocenters. The number of nitrogens with zero attached hydrogens (tertiary/aromatic N) is 4. The van der Waals surface area contributed by atoms with Gasteiger partial charge in [-0.15, -0.1) is 0 Å². The van der Waals surface area contributed by atoms with Gasteiger partial charge in [0.05, 0.1) is 18.8 Å². The Morgan fingerprint density at radius 3 is 3.16 bits per heavy atom. The monoisotopic (exact) mass is 268 g/mol. The minimum Gasteiger partial charge on any atom is -0.374 e. The van der Waals surface area contributed by atoms with E-state index in [-0.39, 0.29) is 12.1 Å². The molecule has 2 atom stereocenters. The van der Waals surface area contributed by atoms with E-state index in [0.717, 1.165) is 44.9 Å². The Labute approximate surface area is 114 Å². The summed E-state index contributed by atoms with van der Waals surface area (Å²) in [4.78, 5) is 6.58.